The lowest BCUT2D eigenvalue weighted by Crippen LogP contribution is -1.89. The van der Waals surface area contributed by atoms with Crippen LogP contribution in [0.3, 0.4) is 0 Å². The third-order valence-electron chi connectivity index (χ3n) is 2.59. The molecule has 0 unspecified atom stereocenters. The molecule has 0 saturated heterocycles. The Morgan fingerprint density at radius 2 is 2.11 bits per heavy atom. The van der Waals surface area contributed by atoms with Gasteiger partial charge in [0.2, 0.25) is 0 Å². The lowest BCUT2D eigenvalue weighted by molar-refractivity contribution is 0.629. The summed E-state index contributed by atoms with van der Waals surface area (Å²) in [5.74, 6) is -0.296. The molecule has 0 aliphatic heterocycles. The maximum absolute atomic E-state index is 13.1. The second kappa shape index (κ2) is 4.67. The van der Waals surface area contributed by atoms with Crippen LogP contribution in [0.4, 0.5) is 15.2 Å². The van der Waals surface area contributed by atoms with Crippen LogP contribution in [0.1, 0.15) is 5.56 Å². The van der Waals surface area contributed by atoms with Gasteiger partial charge < -0.3 is 5.32 Å². The minimum atomic E-state index is -0.296. The van der Waals surface area contributed by atoms with E-state index in [1.807, 2.05) is 6.07 Å². The van der Waals surface area contributed by atoms with Crippen LogP contribution in [0.5, 0.6) is 0 Å². The number of thiazole rings is 1. The molecule has 0 bridgehead atoms. The van der Waals surface area contributed by atoms with Crippen molar-refractivity contribution in [3.63, 3.8) is 0 Å². The molecule has 0 saturated carbocycles. The number of hydrogen-bond donors (Lipinski definition) is 1. The Bertz CT molecular complexity index is 789. The molecule has 1 heterocycles. The van der Waals surface area contributed by atoms with Crippen LogP contribution in [0, 0.1) is 17.1 Å². The SMILES string of the molecule is N#Cc1cccc(Nc2nc3cc(F)ccc3s2)c1. The van der Waals surface area contributed by atoms with Crippen molar-refractivity contribution >= 4 is 32.4 Å². The molecule has 19 heavy (non-hydrogen) atoms. The van der Waals surface area contributed by atoms with E-state index in [-0.39, 0.29) is 5.82 Å². The zero-order valence-corrected chi connectivity index (χ0v) is 10.5. The molecule has 0 fully saturated rings. The Balaban J connectivity index is 1.94. The molecular weight excluding hydrogens is 261 g/mol. The van der Waals surface area contributed by atoms with Crippen molar-refractivity contribution in [3.8, 4) is 6.07 Å². The first-order valence-electron chi connectivity index (χ1n) is 5.58. The standard InChI is InChI=1S/C14H8FN3S/c15-10-4-5-13-12(7-10)18-14(19-13)17-11-3-1-2-9(6-11)8-16/h1-7H,(H,17,18). The smallest absolute Gasteiger partial charge is 0.188 e. The van der Waals surface area contributed by atoms with Crippen LogP contribution in [0.15, 0.2) is 42.5 Å². The summed E-state index contributed by atoms with van der Waals surface area (Å²) in [7, 11) is 0. The predicted octanol–water partition coefficient (Wildman–Crippen LogP) is 4.05. The van der Waals surface area contributed by atoms with Crippen LogP contribution in [0.2, 0.25) is 0 Å². The number of rotatable bonds is 2. The van der Waals surface area contributed by atoms with Gasteiger partial charge in [0.1, 0.15) is 5.82 Å². The Hall–Kier alpha value is -2.45. The molecule has 0 aliphatic carbocycles. The highest BCUT2D eigenvalue weighted by Gasteiger charge is 2.05. The van der Waals surface area contributed by atoms with E-state index in [9.17, 15) is 4.39 Å². The van der Waals surface area contributed by atoms with Gasteiger partial charge in [-0.1, -0.05) is 17.4 Å². The molecule has 0 amide bonds. The average Bonchev–Trinajstić information content (AvgIpc) is 2.80. The largest absolute Gasteiger partial charge is 0.331 e. The molecule has 3 rings (SSSR count). The molecule has 92 valence electrons. The zero-order chi connectivity index (χ0) is 13.2. The van der Waals surface area contributed by atoms with E-state index >= 15 is 0 Å². The minimum Gasteiger partial charge on any atom is -0.331 e. The highest BCUT2D eigenvalue weighted by molar-refractivity contribution is 7.22. The molecule has 0 spiro atoms. The van der Waals surface area contributed by atoms with Crippen molar-refractivity contribution < 1.29 is 4.39 Å². The number of benzene rings is 2. The van der Waals surface area contributed by atoms with Gasteiger partial charge in [0, 0.05) is 11.8 Å². The molecule has 5 heteroatoms. The predicted molar refractivity (Wildman–Crippen MR) is 74.0 cm³/mol. The van der Waals surface area contributed by atoms with E-state index in [1.54, 1.807) is 24.3 Å². The molecule has 3 aromatic rings. The number of halogens is 1. The zero-order valence-electron chi connectivity index (χ0n) is 9.72. The summed E-state index contributed by atoms with van der Waals surface area (Å²) >= 11 is 1.44. The first-order chi connectivity index (χ1) is 9.24. The Morgan fingerprint density at radius 3 is 2.95 bits per heavy atom. The van der Waals surface area contributed by atoms with Gasteiger partial charge in [0.15, 0.2) is 5.13 Å². The molecule has 0 atom stereocenters. The lowest BCUT2D eigenvalue weighted by Gasteiger charge is -2.01. The fourth-order valence-corrected chi connectivity index (χ4v) is 2.61. The quantitative estimate of drug-likeness (QED) is 0.763. The lowest BCUT2D eigenvalue weighted by atomic mass is 10.2. The van der Waals surface area contributed by atoms with Crippen LogP contribution in [-0.4, -0.2) is 4.98 Å². The average molecular weight is 269 g/mol. The summed E-state index contributed by atoms with van der Waals surface area (Å²) in [5, 5.41) is 12.6. The van der Waals surface area contributed by atoms with Crippen LogP contribution >= 0.6 is 11.3 Å². The van der Waals surface area contributed by atoms with Gasteiger partial charge in [-0.2, -0.15) is 5.26 Å². The molecule has 0 radical (unpaired) electrons. The molecule has 3 nitrogen and oxygen atoms in total. The van der Waals surface area contributed by atoms with Gasteiger partial charge in [-0.15, -0.1) is 0 Å². The highest BCUT2D eigenvalue weighted by Crippen LogP contribution is 2.28. The van der Waals surface area contributed by atoms with E-state index < -0.39 is 0 Å². The van der Waals surface area contributed by atoms with Crippen LogP contribution in [0.25, 0.3) is 10.2 Å². The van der Waals surface area contributed by atoms with Crippen molar-refractivity contribution in [2.75, 3.05) is 5.32 Å². The number of nitrogens with zero attached hydrogens (tertiary/aromatic N) is 2. The minimum absolute atomic E-state index is 0.296. The topological polar surface area (TPSA) is 48.7 Å². The van der Waals surface area contributed by atoms with Crippen LogP contribution in [-0.2, 0) is 0 Å². The van der Waals surface area contributed by atoms with E-state index in [0.29, 0.717) is 16.2 Å². The number of fused-ring (bicyclic) bond motifs is 1. The first-order valence-corrected chi connectivity index (χ1v) is 6.39. The van der Waals surface area contributed by atoms with Crippen molar-refractivity contribution in [2.24, 2.45) is 0 Å². The van der Waals surface area contributed by atoms with Gasteiger partial charge in [-0.25, -0.2) is 9.37 Å². The van der Waals surface area contributed by atoms with Gasteiger partial charge in [0.25, 0.3) is 0 Å². The number of nitrogens with one attached hydrogen (secondary N) is 1. The molecule has 0 aliphatic rings. The summed E-state index contributed by atoms with van der Waals surface area (Å²) in [6.07, 6.45) is 0. The molecular formula is C14H8FN3S. The number of aromatic nitrogens is 1. The Labute approximate surface area is 113 Å². The second-order valence-electron chi connectivity index (χ2n) is 3.95. The fraction of sp³-hybridized carbons (Fsp3) is 0. The van der Waals surface area contributed by atoms with E-state index in [0.717, 1.165) is 10.4 Å². The monoisotopic (exact) mass is 269 g/mol. The molecule has 1 N–H and O–H groups in total. The summed E-state index contributed by atoms with van der Waals surface area (Å²) in [6, 6.07) is 13.7. The number of anilines is 2. The number of hydrogen-bond acceptors (Lipinski definition) is 4. The maximum Gasteiger partial charge on any atom is 0.188 e. The van der Waals surface area contributed by atoms with Gasteiger partial charge in [-0.3, -0.25) is 0 Å². The Kier molecular flexibility index (Phi) is 2.86. The molecule has 1 aromatic heterocycles. The third-order valence-corrected chi connectivity index (χ3v) is 3.54. The van der Waals surface area contributed by atoms with E-state index in [4.69, 9.17) is 5.26 Å². The van der Waals surface area contributed by atoms with Gasteiger partial charge >= 0.3 is 0 Å². The fourth-order valence-electron chi connectivity index (χ4n) is 1.74. The van der Waals surface area contributed by atoms with E-state index in [2.05, 4.69) is 16.4 Å². The first kappa shape index (κ1) is 11.6. The maximum atomic E-state index is 13.1. The van der Waals surface area contributed by atoms with Crippen LogP contribution < -0.4 is 5.32 Å². The van der Waals surface area contributed by atoms with Crippen molar-refractivity contribution in [1.82, 2.24) is 4.98 Å². The van der Waals surface area contributed by atoms with Crippen molar-refractivity contribution in [1.29, 1.82) is 5.26 Å². The molecule has 2 aromatic carbocycles. The summed E-state index contributed by atoms with van der Waals surface area (Å²) in [6.45, 7) is 0. The van der Waals surface area contributed by atoms with Gasteiger partial charge in [-0.05, 0) is 30.3 Å². The summed E-state index contributed by atoms with van der Waals surface area (Å²) < 4.78 is 14.0. The third kappa shape index (κ3) is 2.39. The van der Waals surface area contributed by atoms with Gasteiger partial charge in [0.05, 0.1) is 21.8 Å². The second-order valence-corrected chi connectivity index (χ2v) is 4.98. The van der Waals surface area contributed by atoms with Crippen molar-refractivity contribution in [3.05, 3.63) is 53.8 Å². The van der Waals surface area contributed by atoms with E-state index in [1.165, 1.54) is 23.5 Å². The summed E-state index contributed by atoms with van der Waals surface area (Å²) in [4.78, 5) is 4.31. The summed E-state index contributed by atoms with van der Waals surface area (Å²) in [5.41, 5.74) is 2.00. The number of nitriles is 1. The normalized spacial score (nSPS) is 10.3. The van der Waals surface area contributed by atoms with Crippen molar-refractivity contribution in [2.45, 2.75) is 0 Å². The highest BCUT2D eigenvalue weighted by atomic mass is 32.1. The Morgan fingerprint density at radius 1 is 1.21 bits per heavy atom.